The number of para-hydroxylation sites is 3. The van der Waals surface area contributed by atoms with Crippen LogP contribution in [0, 0.1) is 27.7 Å². The molecule has 0 aliphatic heterocycles. The van der Waals surface area contributed by atoms with Crippen LogP contribution in [0.15, 0.2) is 224 Å². The van der Waals surface area contributed by atoms with E-state index < -0.39 is 0 Å². The SMILES string of the molecule is Cc1cc(C)cc(-c2ccc3c(c2)c2cc(-c4cc(C)cc(C)c4)ccc2n3-c2ccc(-c3cccc4c5ccccc5n(-c5ccccc5)c34)cc2-c2nc(-c3ccccc3)nc(-c3ccccc3)n2)c1. The quantitative estimate of drug-likeness (QED) is 0.153. The molecule has 5 heteroatoms. The maximum atomic E-state index is 5.43. The van der Waals surface area contributed by atoms with Crippen LogP contribution in [0.3, 0.4) is 0 Å². The van der Waals surface area contributed by atoms with Crippen LogP contribution in [0.1, 0.15) is 22.3 Å². The third-order valence-electron chi connectivity index (χ3n) is 14.1. The van der Waals surface area contributed by atoms with E-state index in [1.54, 1.807) is 0 Å². The second-order valence-corrected chi connectivity index (χ2v) is 19.2. The van der Waals surface area contributed by atoms with E-state index in [9.17, 15) is 0 Å². The molecule has 13 rings (SSSR count). The Kier molecular flexibility index (Phi) is 10.3. The summed E-state index contributed by atoms with van der Waals surface area (Å²) < 4.78 is 4.83. The molecule has 0 bridgehead atoms. The minimum Gasteiger partial charge on any atom is -0.309 e. The average molecular weight is 924 g/mol. The minimum absolute atomic E-state index is 0.587. The highest BCUT2D eigenvalue weighted by Gasteiger charge is 2.23. The number of nitrogens with zero attached hydrogens (tertiary/aromatic N) is 5. The number of hydrogen-bond donors (Lipinski definition) is 0. The molecule has 0 atom stereocenters. The van der Waals surface area contributed by atoms with E-state index in [4.69, 9.17) is 15.0 Å². The molecular weight excluding hydrogens is 875 g/mol. The van der Waals surface area contributed by atoms with Crippen molar-refractivity contribution in [1.82, 2.24) is 24.1 Å². The van der Waals surface area contributed by atoms with Crippen molar-refractivity contribution in [2.45, 2.75) is 27.7 Å². The molecule has 0 fully saturated rings. The first-order valence-electron chi connectivity index (χ1n) is 24.7. The molecular formula is C67H49N5. The Bertz CT molecular complexity index is 4030. The number of aromatic nitrogens is 5. The van der Waals surface area contributed by atoms with Gasteiger partial charge < -0.3 is 9.13 Å². The molecule has 0 amide bonds. The lowest BCUT2D eigenvalue weighted by Gasteiger charge is -2.17. The summed E-state index contributed by atoms with van der Waals surface area (Å²) in [6, 6.07) is 81.0. The van der Waals surface area contributed by atoms with Gasteiger partial charge >= 0.3 is 0 Å². The fraction of sp³-hybridized carbons (Fsp3) is 0.0597. The number of benzene rings is 10. The van der Waals surface area contributed by atoms with Crippen molar-refractivity contribution in [3.8, 4) is 78.9 Å². The highest BCUT2D eigenvalue weighted by molar-refractivity contribution is 6.15. The summed E-state index contributed by atoms with van der Waals surface area (Å²) in [6.45, 7) is 8.71. The number of hydrogen-bond acceptors (Lipinski definition) is 3. The second kappa shape index (κ2) is 17.3. The van der Waals surface area contributed by atoms with Crippen LogP contribution in [-0.4, -0.2) is 24.1 Å². The zero-order chi connectivity index (χ0) is 48.5. The molecule has 10 aromatic carbocycles. The third-order valence-corrected chi connectivity index (χ3v) is 14.1. The topological polar surface area (TPSA) is 48.5 Å². The fourth-order valence-electron chi connectivity index (χ4n) is 11.0. The summed E-state index contributed by atoms with van der Waals surface area (Å²) in [7, 11) is 0. The lowest BCUT2D eigenvalue weighted by Crippen LogP contribution is -2.04. The number of rotatable bonds is 8. The second-order valence-electron chi connectivity index (χ2n) is 19.2. The molecule has 5 nitrogen and oxygen atoms in total. The predicted molar refractivity (Wildman–Crippen MR) is 300 cm³/mol. The molecule has 13 aromatic rings. The first-order chi connectivity index (χ1) is 35.3. The van der Waals surface area contributed by atoms with Gasteiger partial charge in [-0.1, -0.05) is 192 Å². The summed E-state index contributed by atoms with van der Waals surface area (Å²) in [5, 5.41) is 4.74. The molecule has 3 aromatic heterocycles. The van der Waals surface area contributed by atoms with Crippen LogP contribution >= 0.6 is 0 Å². The van der Waals surface area contributed by atoms with Gasteiger partial charge in [0, 0.05) is 49.5 Å². The molecule has 72 heavy (non-hydrogen) atoms. The molecule has 342 valence electrons. The van der Waals surface area contributed by atoms with Gasteiger partial charge in [0.25, 0.3) is 0 Å². The van der Waals surface area contributed by atoms with Crippen molar-refractivity contribution in [3.63, 3.8) is 0 Å². The van der Waals surface area contributed by atoms with E-state index in [1.165, 1.54) is 66.1 Å². The lowest BCUT2D eigenvalue weighted by atomic mass is 9.97. The Morgan fingerprint density at radius 2 is 0.750 bits per heavy atom. The van der Waals surface area contributed by atoms with Crippen LogP contribution in [0.25, 0.3) is 123 Å². The van der Waals surface area contributed by atoms with E-state index in [1.807, 2.05) is 36.4 Å². The van der Waals surface area contributed by atoms with Crippen molar-refractivity contribution in [3.05, 3.63) is 247 Å². The van der Waals surface area contributed by atoms with E-state index in [0.717, 1.165) is 61.3 Å². The van der Waals surface area contributed by atoms with E-state index in [2.05, 4.69) is 225 Å². The predicted octanol–water partition coefficient (Wildman–Crippen LogP) is 17.3. The van der Waals surface area contributed by atoms with E-state index >= 15 is 0 Å². The number of fused-ring (bicyclic) bond motifs is 6. The average Bonchev–Trinajstić information content (AvgIpc) is 3.93. The molecule has 0 aliphatic carbocycles. The monoisotopic (exact) mass is 923 g/mol. The normalized spacial score (nSPS) is 11.6. The Morgan fingerprint density at radius 3 is 1.32 bits per heavy atom. The molecule has 0 N–H and O–H groups in total. The molecule has 0 radical (unpaired) electrons. The maximum Gasteiger partial charge on any atom is 0.166 e. The van der Waals surface area contributed by atoms with Crippen molar-refractivity contribution in [2.24, 2.45) is 0 Å². The molecule has 0 spiro atoms. The van der Waals surface area contributed by atoms with Crippen molar-refractivity contribution >= 4 is 43.6 Å². The molecule has 0 aliphatic rings. The smallest absolute Gasteiger partial charge is 0.166 e. The minimum atomic E-state index is 0.587. The van der Waals surface area contributed by atoms with Crippen LogP contribution in [-0.2, 0) is 0 Å². The summed E-state index contributed by atoms with van der Waals surface area (Å²) in [6.07, 6.45) is 0. The van der Waals surface area contributed by atoms with Gasteiger partial charge in [-0.05, 0) is 110 Å². The maximum absolute atomic E-state index is 5.43. The molecule has 0 saturated carbocycles. The lowest BCUT2D eigenvalue weighted by molar-refractivity contribution is 1.06. The van der Waals surface area contributed by atoms with Crippen molar-refractivity contribution in [1.29, 1.82) is 0 Å². The van der Waals surface area contributed by atoms with Crippen LogP contribution < -0.4 is 0 Å². The largest absolute Gasteiger partial charge is 0.309 e. The Labute approximate surface area is 419 Å². The highest BCUT2D eigenvalue weighted by atomic mass is 15.1. The highest BCUT2D eigenvalue weighted by Crippen LogP contribution is 2.44. The molecule has 0 unspecified atom stereocenters. The Morgan fingerprint density at radius 1 is 0.278 bits per heavy atom. The summed E-state index contributed by atoms with van der Waals surface area (Å²) in [5.74, 6) is 1.81. The third kappa shape index (κ3) is 7.46. The van der Waals surface area contributed by atoms with Gasteiger partial charge in [0.05, 0.1) is 27.8 Å². The van der Waals surface area contributed by atoms with Gasteiger partial charge in [-0.2, -0.15) is 0 Å². The summed E-state index contributed by atoms with van der Waals surface area (Å²) in [5.41, 5.74) is 21.2. The van der Waals surface area contributed by atoms with Gasteiger partial charge in [0.2, 0.25) is 0 Å². The molecule has 0 saturated heterocycles. The van der Waals surface area contributed by atoms with Gasteiger partial charge in [0.1, 0.15) is 0 Å². The van der Waals surface area contributed by atoms with Crippen LogP contribution in [0.4, 0.5) is 0 Å². The van der Waals surface area contributed by atoms with Crippen molar-refractivity contribution < 1.29 is 0 Å². The summed E-state index contributed by atoms with van der Waals surface area (Å²) >= 11 is 0. The van der Waals surface area contributed by atoms with Crippen molar-refractivity contribution in [2.75, 3.05) is 0 Å². The van der Waals surface area contributed by atoms with Gasteiger partial charge in [0.15, 0.2) is 17.5 Å². The van der Waals surface area contributed by atoms with Gasteiger partial charge in [-0.15, -0.1) is 0 Å². The number of aryl methyl sites for hydroxylation is 4. The van der Waals surface area contributed by atoms with Crippen LogP contribution in [0.5, 0.6) is 0 Å². The first kappa shape index (κ1) is 42.9. The standard InChI is InChI=1S/C67H49N5/c1-42-33-43(2)36-51(35-42)48-27-30-61-57(39-48)58-40-49(52-37-44(3)34-45(4)38-52)28-31-62(58)72(61)63-32-29-50(54-24-16-25-56-55-23-14-15-26-60(55)71(64(54)56)53-21-12-7-13-22-53)41-59(63)67-69-65(46-17-8-5-9-18-46)68-66(70-67)47-19-10-6-11-20-47/h5-41H,1-4H3. The zero-order valence-corrected chi connectivity index (χ0v) is 40.6. The Balaban J connectivity index is 1.13. The van der Waals surface area contributed by atoms with E-state index in [0.29, 0.717) is 17.5 Å². The first-order valence-corrected chi connectivity index (χ1v) is 24.7. The summed E-state index contributed by atoms with van der Waals surface area (Å²) in [4.78, 5) is 16.0. The van der Waals surface area contributed by atoms with Gasteiger partial charge in [-0.25, -0.2) is 15.0 Å². The Hall–Kier alpha value is -9.19. The van der Waals surface area contributed by atoms with Gasteiger partial charge in [-0.3, -0.25) is 0 Å². The fourth-order valence-corrected chi connectivity index (χ4v) is 11.0. The molecule has 3 heterocycles. The van der Waals surface area contributed by atoms with E-state index in [-0.39, 0.29) is 0 Å². The van der Waals surface area contributed by atoms with Crippen LogP contribution in [0.2, 0.25) is 0 Å². The zero-order valence-electron chi connectivity index (χ0n) is 40.6.